The molecular formula is C21H26N2O3. The van der Waals surface area contributed by atoms with Gasteiger partial charge in [-0.25, -0.2) is 4.98 Å². The van der Waals surface area contributed by atoms with E-state index < -0.39 is 0 Å². The minimum absolute atomic E-state index is 0.0221. The van der Waals surface area contributed by atoms with Crippen molar-refractivity contribution in [2.24, 2.45) is 0 Å². The average molecular weight is 354 g/mol. The van der Waals surface area contributed by atoms with Crippen LogP contribution in [0, 0.1) is 0 Å². The Labute approximate surface area is 154 Å². The number of carbonyl (C=O) groups is 1. The Balaban J connectivity index is 1.62. The van der Waals surface area contributed by atoms with Gasteiger partial charge in [-0.05, 0) is 23.1 Å². The molecule has 1 N–H and O–H groups in total. The molecule has 1 fully saturated rings. The third kappa shape index (κ3) is 4.15. The van der Waals surface area contributed by atoms with E-state index >= 15 is 0 Å². The Bertz CT molecular complexity index is 775. The summed E-state index contributed by atoms with van der Waals surface area (Å²) in [5, 5.41) is 9.46. The van der Waals surface area contributed by atoms with E-state index in [4.69, 9.17) is 4.74 Å². The largest absolute Gasteiger partial charge is 0.493 e. The fourth-order valence-corrected chi connectivity index (χ4v) is 3.25. The van der Waals surface area contributed by atoms with Crippen LogP contribution >= 0.6 is 0 Å². The summed E-state index contributed by atoms with van der Waals surface area (Å²) in [5.41, 5.74) is 1.50. The molecule has 26 heavy (non-hydrogen) atoms. The van der Waals surface area contributed by atoms with Gasteiger partial charge in [0.25, 0.3) is 5.91 Å². The van der Waals surface area contributed by atoms with Crippen LogP contribution in [0.5, 0.6) is 11.6 Å². The van der Waals surface area contributed by atoms with Crippen molar-refractivity contribution < 1.29 is 14.6 Å². The second kappa shape index (κ2) is 7.36. The monoisotopic (exact) mass is 354 g/mol. The van der Waals surface area contributed by atoms with E-state index in [0.717, 1.165) is 18.6 Å². The average Bonchev–Trinajstić information content (AvgIpc) is 2.61. The maximum Gasteiger partial charge on any atom is 0.272 e. The highest BCUT2D eigenvalue weighted by Crippen LogP contribution is 2.32. The van der Waals surface area contributed by atoms with Gasteiger partial charge in [0, 0.05) is 32.0 Å². The smallest absolute Gasteiger partial charge is 0.272 e. The van der Waals surface area contributed by atoms with Crippen LogP contribution < -0.4 is 4.74 Å². The summed E-state index contributed by atoms with van der Waals surface area (Å²) in [7, 11) is 0. The molecule has 1 amide bonds. The first-order valence-electron chi connectivity index (χ1n) is 9.06. The fourth-order valence-electron chi connectivity index (χ4n) is 3.25. The van der Waals surface area contributed by atoms with Crippen molar-refractivity contribution in [3.63, 3.8) is 0 Å². The fraction of sp³-hybridized carbons (Fsp3) is 0.429. The highest BCUT2D eigenvalue weighted by Gasteiger charge is 2.27. The number of rotatable bonds is 3. The number of ether oxygens (including phenoxy) is 1. The van der Waals surface area contributed by atoms with E-state index in [9.17, 15) is 9.90 Å². The van der Waals surface area contributed by atoms with Crippen LogP contribution in [0.4, 0.5) is 0 Å². The summed E-state index contributed by atoms with van der Waals surface area (Å²) in [6.45, 7) is 7.78. The molecule has 0 atom stereocenters. The third-order valence-electron chi connectivity index (χ3n) is 4.67. The number of pyridine rings is 1. The van der Waals surface area contributed by atoms with Gasteiger partial charge in [-0.3, -0.25) is 4.79 Å². The first-order valence-corrected chi connectivity index (χ1v) is 9.06. The summed E-state index contributed by atoms with van der Waals surface area (Å²) >= 11 is 0. The minimum Gasteiger partial charge on any atom is -0.493 e. The number of likely N-dealkylation sites (tertiary alicyclic amines) is 1. The quantitative estimate of drug-likeness (QED) is 0.911. The number of benzene rings is 1. The molecule has 2 heterocycles. The molecule has 0 unspecified atom stereocenters. The van der Waals surface area contributed by atoms with E-state index in [1.165, 1.54) is 11.6 Å². The lowest BCUT2D eigenvalue weighted by molar-refractivity contribution is 0.0586. The van der Waals surface area contributed by atoms with Gasteiger partial charge in [0.05, 0.1) is 0 Å². The van der Waals surface area contributed by atoms with Crippen LogP contribution in [-0.4, -0.2) is 40.1 Å². The van der Waals surface area contributed by atoms with Crippen LogP contribution in [0.3, 0.4) is 0 Å². The zero-order chi connectivity index (χ0) is 18.7. The molecule has 138 valence electrons. The third-order valence-corrected chi connectivity index (χ3v) is 4.67. The maximum absolute atomic E-state index is 12.5. The number of aromatic hydroxyl groups is 1. The number of hydrogen-bond acceptors (Lipinski definition) is 4. The number of amides is 1. The SMILES string of the molecule is CC(C)(C)c1ccccc1OC1CCN(C(=O)c2cccc(O)n2)CC1. The molecule has 2 aromatic rings. The molecule has 1 aliphatic rings. The summed E-state index contributed by atoms with van der Waals surface area (Å²) in [5.74, 6) is 0.654. The van der Waals surface area contributed by atoms with Gasteiger partial charge in [-0.1, -0.05) is 45.0 Å². The Morgan fingerprint density at radius 3 is 2.46 bits per heavy atom. The topological polar surface area (TPSA) is 62.7 Å². The highest BCUT2D eigenvalue weighted by molar-refractivity contribution is 5.92. The molecule has 3 rings (SSSR count). The van der Waals surface area contributed by atoms with Gasteiger partial charge in [-0.2, -0.15) is 0 Å². The number of aromatic nitrogens is 1. The van der Waals surface area contributed by atoms with Crippen LogP contribution in [0.2, 0.25) is 0 Å². The molecule has 1 saturated heterocycles. The summed E-state index contributed by atoms with van der Waals surface area (Å²) in [6.07, 6.45) is 1.66. The number of carbonyl (C=O) groups excluding carboxylic acids is 1. The molecule has 5 heteroatoms. The Morgan fingerprint density at radius 2 is 1.81 bits per heavy atom. The van der Waals surface area contributed by atoms with Crippen molar-refractivity contribution in [2.75, 3.05) is 13.1 Å². The van der Waals surface area contributed by atoms with Crippen LogP contribution in [0.25, 0.3) is 0 Å². The number of para-hydroxylation sites is 1. The molecule has 1 aliphatic heterocycles. The van der Waals surface area contributed by atoms with Crippen LogP contribution in [-0.2, 0) is 5.41 Å². The van der Waals surface area contributed by atoms with Gasteiger partial charge in [-0.15, -0.1) is 0 Å². The molecule has 5 nitrogen and oxygen atoms in total. The lowest BCUT2D eigenvalue weighted by atomic mass is 9.86. The standard InChI is InChI=1S/C21H26N2O3/c1-21(2,3)16-7-4-5-9-18(16)26-15-11-13-23(14-12-15)20(25)17-8-6-10-19(24)22-17/h4-10,15H,11-14H2,1-3H3,(H,22,24). The molecule has 0 spiro atoms. The first kappa shape index (κ1) is 18.2. The molecule has 0 aliphatic carbocycles. The van der Waals surface area contributed by atoms with Gasteiger partial charge in [0.1, 0.15) is 17.5 Å². The predicted molar refractivity (Wildman–Crippen MR) is 101 cm³/mol. The molecule has 0 radical (unpaired) electrons. The van der Waals surface area contributed by atoms with Crippen molar-refractivity contribution in [3.8, 4) is 11.6 Å². The van der Waals surface area contributed by atoms with Crippen LogP contribution in [0.15, 0.2) is 42.5 Å². The highest BCUT2D eigenvalue weighted by atomic mass is 16.5. The van der Waals surface area contributed by atoms with Crippen molar-refractivity contribution >= 4 is 5.91 Å². The van der Waals surface area contributed by atoms with Gasteiger partial charge >= 0.3 is 0 Å². The number of piperidine rings is 1. The van der Waals surface area contributed by atoms with E-state index in [-0.39, 0.29) is 29.0 Å². The van der Waals surface area contributed by atoms with E-state index in [0.29, 0.717) is 13.1 Å². The first-order chi connectivity index (χ1) is 12.3. The van der Waals surface area contributed by atoms with E-state index in [1.54, 1.807) is 17.0 Å². The second-order valence-electron chi connectivity index (χ2n) is 7.74. The lowest BCUT2D eigenvalue weighted by Gasteiger charge is -2.33. The van der Waals surface area contributed by atoms with Crippen LogP contribution in [0.1, 0.15) is 49.7 Å². The van der Waals surface area contributed by atoms with E-state index in [2.05, 4.69) is 31.8 Å². The second-order valence-corrected chi connectivity index (χ2v) is 7.74. The number of nitrogens with zero attached hydrogens (tertiary/aromatic N) is 2. The molecular weight excluding hydrogens is 328 g/mol. The summed E-state index contributed by atoms with van der Waals surface area (Å²) < 4.78 is 6.27. The zero-order valence-corrected chi connectivity index (χ0v) is 15.6. The molecule has 0 saturated carbocycles. The summed E-state index contributed by atoms with van der Waals surface area (Å²) in [6, 6.07) is 12.9. The predicted octanol–water partition coefficient (Wildman–Crippen LogP) is 3.77. The lowest BCUT2D eigenvalue weighted by Crippen LogP contribution is -2.42. The van der Waals surface area contributed by atoms with Crippen molar-refractivity contribution in [3.05, 3.63) is 53.7 Å². The van der Waals surface area contributed by atoms with Gasteiger partial charge in [0.2, 0.25) is 5.88 Å². The van der Waals surface area contributed by atoms with Gasteiger partial charge in [0.15, 0.2) is 0 Å². The minimum atomic E-state index is -0.144. The Hall–Kier alpha value is -2.56. The normalized spacial score (nSPS) is 15.7. The van der Waals surface area contributed by atoms with Gasteiger partial charge < -0.3 is 14.7 Å². The van der Waals surface area contributed by atoms with Crippen molar-refractivity contribution in [2.45, 2.75) is 45.1 Å². The maximum atomic E-state index is 12.5. The van der Waals surface area contributed by atoms with Crippen molar-refractivity contribution in [1.82, 2.24) is 9.88 Å². The zero-order valence-electron chi connectivity index (χ0n) is 15.6. The Kier molecular flexibility index (Phi) is 5.16. The molecule has 0 bridgehead atoms. The molecule has 1 aromatic carbocycles. The number of hydrogen-bond donors (Lipinski definition) is 1. The Morgan fingerprint density at radius 1 is 1.12 bits per heavy atom. The summed E-state index contributed by atoms with van der Waals surface area (Å²) in [4.78, 5) is 18.2. The molecule has 1 aromatic heterocycles. The van der Waals surface area contributed by atoms with E-state index in [1.807, 2.05) is 18.2 Å². The van der Waals surface area contributed by atoms with Crippen molar-refractivity contribution in [1.29, 1.82) is 0 Å².